The number of amides is 2. The molecule has 1 atom stereocenters. The van der Waals surface area contributed by atoms with Crippen molar-refractivity contribution >= 4 is 11.7 Å². The van der Waals surface area contributed by atoms with Crippen LogP contribution in [0.25, 0.3) is 0 Å². The van der Waals surface area contributed by atoms with E-state index < -0.39 is 5.60 Å². The molecule has 0 aliphatic heterocycles. The molecule has 0 fully saturated rings. The average Bonchev–Trinajstić information content (AvgIpc) is 2.99. The zero-order valence-electron chi connectivity index (χ0n) is 12.8. The lowest BCUT2D eigenvalue weighted by atomic mass is 10.0. The fourth-order valence-corrected chi connectivity index (χ4v) is 1.82. The van der Waals surface area contributed by atoms with Gasteiger partial charge in [-0.3, -0.25) is 0 Å². The van der Waals surface area contributed by atoms with Crippen molar-refractivity contribution in [2.24, 2.45) is 0 Å². The monoisotopic (exact) mass is 303 g/mol. The van der Waals surface area contributed by atoms with E-state index in [9.17, 15) is 9.90 Å². The summed E-state index contributed by atoms with van der Waals surface area (Å²) in [6.07, 6.45) is 3.69. The second-order valence-corrected chi connectivity index (χ2v) is 5.45. The third-order valence-corrected chi connectivity index (χ3v) is 3.39. The van der Waals surface area contributed by atoms with Crippen LogP contribution < -0.4 is 10.6 Å². The Hall–Kier alpha value is -2.41. The Morgan fingerprint density at radius 2 is 2.27 bits per heavy atom. The van der Waals surface area contributed by atoms with Crippen molar-refractivity contribution in [2.75, 3.05) is 11.9 Å². The van der Waals surface area contributed by atoms with E-state index in [1.54, 1.807) is 17.9 Å². The zero-order valence-corrected chi connectivity index (χ0v) is 12.8. The molecule has 118 valence electrons. The van der Waals surface area contributed by atoms with Crippen LogP contribution >= 0.6 is 0 Å². The molecule has 2 rings (SSSR count). The highest BCUT2D eigenvalue weighted by Crippen LogP contribution is 2.12. The average molecular weight is 303 g/mol. The molecule has 0 radical (unpaired) electrons. The first-order chi connectivity index (χ1) is 10.5. The van der Waals surface area contributed by atoms with Crippen LogP contribution in [-0.4, -0.2) is 38.0 Å². The smallest absolute Gasteiger partial charge is 0.319 e. The molecule has 2 aromatic rings. The second-order valence-electron chi connectivity index (χ2n) is 5.45. The van der Waals surface area contributed by atoms with E-state index >= 15 is 0 Å². The molecule has 1 aromatic heterocycles. The van der Waals surface area contributed by atoms with Crippen LogP contribution in [0.1, 0.15) is 25.8 Å². The molecule has 1 unspecified atom stereocenters. The molecule has 1 heterocycles. The van der Waals surface area contributed by atoms with Crippen molar-refractivity contribution in [1.82, 2.24) is 20.1 Å². The summed E-state index contributed by atoms with van der Waals surface area (Å²) < 4.78 is 1.71. The lowest BCUT2D eigenvalue weighted by molar-refractivity contribution is 0.0587. The van der Waals surface area contributed by atoms with Gasteiger partial charge >= 0.3 is 6.03 Å². The number of nitrogens with one attached hydrogen (secondary N) is 2. The van der Waals surface area contributed by atoms with E-state index in [0.717, 1.165) is 5.56 Å². The highest BCUT2D eigenvalue weighted by atomic mass is 16.3. The second kappa shape index (κ2) is 7.04. The van der Waals surface area contributed by atoms with E-state index in [4.69, 9.17) is 0 Å². The van der Waals surface area contributed by atoms with Gasteiger partial charge in [-0.25, -0.2) is 14.5 Å². The number of anilines is 1. The summed E-state index contributed by atoms with van der Waals surface area (Å²) in [7, 11) is 0. The quantitative estimate of drug-likeness (QED) is 0.756. The lowest BCUT2D eigenvalue weighted by Crippen LogP contribution is -2.41. The number of rotatable bonds is 6. The minimum Gasteiger partial charge on any atom is -0.388 e. The van der Waals surface area contributed by atoms with Crippen LogP contribution in [0, 0.1) is 0 Å². The van der Waals surface area contributed by atoms with Crippen LogP contribution in [0.15, 0.2) is 36.9 Å². The van der Waals surface area contributed by atoms with E-state index in [-0.39, 0.29) is 12.6 Å². The molecular weight excluding hydrogens is 282 g/mol. The first-order valence-electron chi connectivity index (χ1n) is 7.17. The molecule has 0 aliphatic rings. The van der Waals surface area contributed by atoms with E-state index in [2.05, 4.69) is 20.7 Å². The first kappa shape index (κ1) is 16.0. The minimum atomic E-state index is -0.897. The maximum Gasteiger partial charge on any atom is 0.319 e. The summed E-state index contributed by atoms with van der Waals surface area (Å²) in [6, 6.07) is 7.16. The topological polar surface area (TPSA) is 92.1 Å². The third kappa shape index (κ3) is 4.85. The molecule has 7 heteroatoms. The number of benzene rings is 1. The third-order valence-electron chi connectivity index (χ3n) is 3.39. The van der Waals surface area contributed by atoms with Gasteiger partial charge in [-0.1, -0.05) is 19.1 Å². The van der Waals surface area contributed by atoms with Gasteiger partial charge in [0.2, 0.25) is 0 Å². The Kier molecular flexibility index (Phi) is 5.11. The zero-order chi connectivity index (χ0) is 16.0. The van der Waals surface area contributed by atoms with Gasteiger partial charge in [0.05, 0.1) is 12.1 Å². The van der Waals surface area contributed by atoms with E-state index in [1.165, 1.54) is 6.33 Å². The number of aliphatic hydroxyl groups is 1. The van der Waals surface area contributed by atoms with Crippen LogP contribution in [0.5, 0.6) is 0 Å². The summed E-state index contributed by atoms with van der Waals surface area (Å²) in [5.41, 5.74) is 0.793. The lowest BCUT2D eigenvalue weighted by Gasteiger charge is -2.21. The Bertz CT molecular complexity index is 610. The van der Waals surface area contributed by atoms with Crippen molar-refractivity contribution in [3.8, 4) is 0 Å². The number of hydrogen-bond donors (Lipinski definition) is 3. The Morgan fingerprint density at radius 1 is 1.45 bits per heavy atom. The first-order valence-corrected chi connectivity index (χ1v) is 7.17. The van der Waals surface area contributed by atoms with Gasteiger partial charge in [0.1, 0.15) is 12.7 Å². The highest BCUT2D eigenvalue weighted by molar-refractivity contribution is 5.89. The summed E-state index contributed by atoms with van der Waals surface area (Å²) in [4.78, 5) is 15.7. The highest BCUT2D eigenvalue weighted by Gasteiger charge is 2.18. The van der Waals surface area contributed by atoms with Crippen LogP contribution in [0.2, 0.25) is 0 Å². The molecule has 22 heavy (non-hydrogen) atoms. The van der Waals surface area contributed by atoms with Gasteiger partial charge in [-0.05, 0) is 31.0 Å². The number of urea groups is 1. The van der Waals surface area contributed by atoms with Gasteiger partial charge in [0.15, 0.2) is 0 Å². The van der Waals surface area contributed by atoms with Crippen molar-refractivity contribution < 1.29 is 9.90 Å². The molecule has 0 bridgehead atoms. The number of hydrogen-bond acceptors (Lipinski definition) is 4. The molecule has 0 saturated heterocycles. The molecule has 1 aromatic carbocycles. The van der Waals surface area contributed by atoms with Gasteiger partial charge in [0, 0.05) is 12.2 Å². The van der Waals surface area contributed by atoms with E-state index in [0.29, 0.717) is 18.7 Å². The van der Waals surface area contributed by atoms with Gasteiger partial charge in [-0.2, -0.15) is 5.10 Å². The van der Waals surface area contributed by atoms with Crippen LogP contribution in [0.3, 0.4) is 0 Å². The fourth-order valence-electron chi connectivity index (χ4n) is 1.82. The molecule has 2 amide bonds. The predicted octanol–water partition coefficient (Wildman–Crippen LogP) is 1.61. The van der Waals surface area contributed by atoms with Crippen molar-refractivity contribution in [3.63, 3.8) is 0 Å². The molecule has 3 N–H and O–H groups in total. The molecule has 0 saturated carbocycles. The molecule has 0 spiro atoms. The normalized spacial score (nSPS) is 13.4. The summed E-state index contributed by atoms with van der Waals surface area (Å²) >= 11 is 0. The fraction of sp³-hybridized carbons (Fsp3) is 0.400. The number of nitrogens with zero attached hydrogens (tertiary/aromatic N) is 3. The van der Waals surface area contributed by atoms with Crippen molar-refractivity contribution in [2.45, 2.75) is 32.4 Å². The Morgan fingerprint density at radius 3 is 2.95 bits per heavy atom. The van der Waals surface area contributed by atoms with Crippen molar-refractivity contribution in [3.05, 3.63) is 42.5 Å². The molecular formula is C15H21N5O2. The SMILES string of the molecule is CCC(C)(O)CNC(=O)Nc1cccc(Cn2cncn2)c1. The Balaban J connectivity index is 1.91. The van der Waals surface area contributed by atoms with E-state index in [1.807, 2.05) is 31.2 Å². The predicted molar refractivity (Wildman–Crippen MR) is 83.5 cm³/mol. The van der Waals surface area contributed by atoms with Gasteiger partial charge in [-0.15, -0.1) is 0 Å². The number of carbonyl (C=O) groups excluding carboxylic acids is 1. The minimum absolute atomic E-state index is 0.202. The maximum atomic E-state index is 11.8. The Labute approximate surface area is 129 Å². The summed E-state index contributed by atoms with van der Waals surface area (Å²) in [5, 5.41) is 19.3. The van der Waals surface area contributed by atoms with Gasteiger partial charge in [0.25, 0.3) is 0 Å². The van der Waals surface area contributed by atoms with Crippen molar-refractivity contribution in [1.29, 1.82) is 0 Å². The standard InChI is InChI=1S/C15H21N5O2/c1-3-15(2,22)9-17-14(21)19-13-6-4-5-12(7-13)8-20-11-16-10-18-20/h4-7,10-11,22H,3,8-9H2,1-2H3,(H2,17,19,21). The largest absolute Gasteiger partial charge is 0.388 e. The number of aromatic nitrogens is 3. The van der Waals surface area contributed by atoms with Crippen LogP contribution in [-0.2, 0) is 6.54 Å². The van der Waals surface area contributed by atoms with Gasteiger partial charge < -0.3 is 15.7 Å². The number of carbonyl (C=O) groups is 1. The van der Waals surface area contributed by atoms with Crippen LogP contribution in [0.4, 0.5) is 10.5 Å². The summed E-state index contributed by atoms with van der Waals surface area (Å²) in [6.45, 7) is 4.34. The molecule has 7 nitrogen and oxygen atoms in total. The maximum absolute atomic E-state index is 11.8. The summed E-state index contributed by atoms with van der Waals surface area (Å²) in [5.74, 6) is 0. The molecule has 0 aliphatic carbocycles.